The van der Waals surface area contributed by atoms with E-state index in [1.807, 2.05) is 6.07 Å². The van der Waals surface area contributed by atoms with Crippen molar-refractivity contribution in [3.8, 4) is 11.8 Å². The Labute approximate surface area is 124 Å². The molecule has 0 aromatic heterocycles. The number of ether oxygens (including phenoxy) is 1. The van der Waals surface area contributed by atoms with Gasteiger partial charge in [-0.1, -0.05) is 0 Å². The lowest BCUT2D eigenvalue weighted by molar-refractivity contribution is 0.141. The molecule has 0 N–H and O–H groups in total. The molecule has 0 saturated carbocycles. The fraction of sp³-hybridized carbons (Fsp3) is 0.533. The molecule has 1 aromatic carbocycles. The summed E-state index contributed by atoms with van der Waals surface area (Å²) < 4.78 is 6.60. The fourth-order valence-electron chi connectivity index (χ4n) is 2.06. The highest BCUT2D eigenvalue weighted by molar-refractivity contribution is 9.10. The Kier molecular flexibility index (Phi) is 6.33. The molecule has 3 nitrogen and oxygen atoms in total. The van der Waals surface area contributed by atoms with Gasteiger partial charge in [-0.05, 0) is 61.8 Å². The van der Waals surface area contributed by atoms with E-state index in [1.165, 1.54) is 0 Å². The Balaban J connectivity index is 2.56. The van der Waals surface area contributed by atoms with E-state index in [0.717, 1.165) is 16.8 Å². The van der Waals surface area contributed by atoms with Gasteiger partial charge in [-0.15, -0.1) is 0 Å². The molecule has 104 valence electrons. The topological polar surface area (TPSA) is 36.3 Å². The highest BCUT2D eigenvalue weighted by atomic mass is 79.9. The van der Waals surface area contributed by atoms with Gasteiger partial charge in [0.15, 0.2) is 0 Å². The number of rotatable bonds is 6. The van der Waals surface area contributed by atoms with Crippen LogP contribution in [-0.2, 0) is 0 Å². The van der Waals surface area contributed by atoms with Crippen molar-refractivity contribution in [1.29, 1.82) is 5.26 Å². The highest BCUT2D eigenvalue weighted by Crippen LogP contribution is 2.25. The van der Waals surface area contributed by atoms with Crippen LogP contribution in [0.5, 0.6) is 5.75 Å². The minimum Gasteiger partial charge on any atom is -0.491 e. The summed E-state index contributed by atoms with van der Waals surface area (Å²) in [5.41, 5.74) is 0.630. The Hall–Kier alpha value is -1.05. The van der Waals surface area contributed by atoms with E-state index in [2.05, 4.69) is 54.6 Å². The second-order valence-corrected chi connectivity index (χ2v) is 5.89. The largest absolute Gasteiger partial charge is 0.491 e. The van der Waals surface area contributed by atoms with Crippen LogP contribution in [0.3, 0.4) is 0 Å². The molecular formula is C15H21BrN2O. The van der Waals surface area contributed by atoms with E-state index in [-0.39, 0.29) is 0 Å². The first-order chi connectivity index (χ1) is 8.95. The molecule has 0 atom stereocenters. The van der Waals surface area contributed by atoms with E-state index >= 15 is 0 Å². The molecule has 0 heterocycles. The lowest BCUT2D eigenvalue weighted by atomic mass is 10.2. The van der Waals surface area contributed by atoms with Crippen molar-refractivity contribution in [3.63, 3.8) is 0 Å². The number of benzene rings is 1. The van der Waals surface area contributed by atoms with Crippen LogP contribution in [0.2, 0.25) is 0 Å². The fourth-order valence-corrected chi connectivity index (χ4v) is 2.55. The molecule has 0 aliphatic carbocycles. The van der Waals surface area contributed by atoms with Gasteiger partial charge >= 0.3 is 0 Å². The van der Waals surface area contributed by atoms with Crippen molar-refractivity contribution < 1.29 is 4.74 Å². The minimum atomic E-state index is 0.507. The van der Waals surface area contributed by atoms with Gasteiger partial charge in [0.2, 0.25) is 0 Å². The number of hydrogen-bond acceptors (Lipinski definition) is 3. The summed E-state index contributed by atoms with van der Waals surface area (Å²) in [5, 5.41) is 8.81. The van der Waals surface area contributed by atoms with Crippen molar-refractivity contribution >= 4 is 15.9 Å². The van der Waals surface area contributed by atoms with Crippen molar-refractivity contribution in [3.05, 3.63) is 28.2 Å². The average Bonchev–Trinajstić information content (AvgIpc) is 2.35. The normalized spacial score (nSPS) is 11.1. The second-order valence-electron chi connectivity index (χ2n) is 5.03. The summed E-state index contributed by atoms with van der Waals surface area (Å²) in [5.74, 6) is 0.784. The SMILES string of the molecule is CC(C)N(CCOc1ccc(C#N)cc1Br)C(C)C. The van der Waals surface area contributed by atoms with Gasteiger partial charge in [0.25, 0.3) is 0 Å². The standard InChI is InChI=1S/C15H21BrN2O/c1-11(2)18(12(3)4)7-8-19-15-6-5-13(10-17)9-14(15)16/h5-6,9,11-12H,7-8H2,1-4H3. The van der Waals surface area contributed by atoms with Crippen LogP contribution in [0, 0.1) is 11.3 Å². The smallest absolute Gasteiger partial charge is 0.133 e. The monoisotopic (exact) mass is 324 g/mol. The molecule has 0 radical (unpaired) electrons. The predicted molar refractivity (Wildman–Crippen MR) is 81.3 cm³/mol. The lowest BCUT2D eigenvalue weighted by Gasteiger charge is -2.30. The minimum absolute atomic E-state index is 0.507. The third-order valence-corrected chi connectivity index (χ3v) is 3.61. The molecule has 19 heavy (non-hydrogen) atoms. The van der Waals surface area contributed by atoms with Crippen LogP contribution in [0.15, 0.2) is 22.7 Å². The second kappa shape index (κ2) is 7.52. The third-order valence-electron chi connectivity index (χ3n) is 2.99. The van der Waals surface area contributed by atoms with E-state index in [9.17, 15) is 0 Å². The molecular weight excluding hydrogens is 304 g/mol. The zero-order valence-corrected chi connectivity index (χ0v) is 13.6. The predicted octanol–water partition coefficient (Wildman–Crippen LogP) is 3.82. The van der Waals surface area contributed by atoms with E-state index in [1.54, 1.807) is 12.1 Å². The van der Waals surface area contributed by atoms with E-state index < -0.39 is 0 Å². The third kappa shape index (κ3) is 4.85. The molecule has 0 unspecified atom stereocenters. The summed E-state index contributed by atoms with van der Waals surface area (Å²) in [6.07, 6.45) is 0. The van der Waals surface area contributed by atoms with E-state index in [0.29, 0.717) is 24.3 Å². The van der Waals surface area contributed by atoms with Crippen molar-refractivity contribution in [1.82, 2.24) is 4.90 Å². The first-order valence-electron chi connectivity index (χ1n) is 6.54. The summed E-state index contributed by atoms with van der Waals surface area (Å²) in [6.45, 7) is 10.3. The number of nitrogens with zero attached hydrogens (tertiary/aromatic N) is 2. The molecule has 0 fully saturated rings. The van der Waals surface area contributed by atoms with Gasteiger partial charge in [-0.2, -0.15) is 5.26 Å². The summed E-state index contributed by atoms with van der Waals surface area (Å²) in [4.78, 5) is 2.39. The Morgan fingerprint density at radius 1 is 1.26 bits per heavy atom. The van der Waals surface area contributed by atoms with Gasteiger partial charge in [0.05, 0.1) is 16.1 Å². The zero-order chi connectivity index (χ0) is 14.4. The van der Waals surface area contributed by atoms with Gasteiger partial charge < -0.3 is 4.74 Å². The molecule has 0 bridgehead atoms. The summed E-state index contributed by atoms with van der Waals surface area (Å²) in [7, 11) is 0. The molecule has 0 aliphatic rings. The number of hydrogen-bond donors (Lipinski definition) is 0. The van der Waals surface area contributed by atoms with Crippen LogP contribution >= 0.6 is 15.9 Å². The van der Waals surface area contributed by atoms with Gasteiger partial charge in [-0.3, -0.25) is 4.90 Å². The Bertz CT molecular complexity index is 444. The highest BCUT2D eigenvalue weighted by Gasteiger charge is 2.13. The Morgan fingerprint density at radius 3 is 2.37 bits per heavy atom. The van der Waals surface area contributed by atoms with Crippen LogP contribution in [0.1, 0.15) is 33.3 Å². The first-order valence-corrected chi connectivity index (χ1v) is 7.33. The van der Waals surface area contributed by atoms with Gasteiger partial charge in [0.1, 0.15) is 12.4 Å². The average molecular weight is 325 g/mol. The van der Waals surface area contributed by atoms with Crippen LogP contribution in [0.25, 0.3) is 0 Å². The van der Waals surface area contributed by atoms with Crippen molar-refractivity contribution in [2.24, 2.45) is 0 Å². The molecule has 0 spiro atoms. The maximum atomic E-state index is 8.81. The first kappa shape index (κ1) is 16.0. The maximum Gasteiger partial charge on any atom is 0.133 e. The lowest BCUT2D eigenvalue weighted by Crippen LogP contribution is -2.39. The van der Waals surface area contributed by atoms with Crippen molar-refractivity contribution in [2.45, 2.75) is 39.8 Å². The Morgan fingerprint density at radius 2 is 1.89 bits per heavy atom. The molecule has 4 heteroatoms. The van der Waals surface area contributed by atoms with Gasteiger partial charge in [-0.25, -0.2) is 0 Å². The van der Waals surface area contributed by atoms with Crippen LogP contribution < -0.4 is 4.74 Å². The maximum absolute atomic E-state index is 8.81. The quantitative estimate of drug-likeness (QED) is 0.798. The number of halogens is 1. The summed E-state index contributed by atoms with van der Waals surface area (Å²) >= 11 is 3.42. The summed E-state index contributed by atoms with van der Waals surface area (Å²) in [6, 6.07) is 8.49. The molecule has 1 rings (SSSR count). The molecule has 0 amide bonds. The zero-order valence-electron chi connectivity index (χ0n) is 12.0. The van der Waals surface area contributed by atoms with Crippen LogP contribution in [0.4, 0.5) is 0 Å². The molecule has 1 aromatic rings. The van der Waals surface area contributed by atoms with Crippen LogP contribution in [-0.4, -0.2) is 30.1 Å². The van der Waals surface area contributed by atoms with E-state index in [4.69, 9.17) is 10.00 Å². The van der Waals surface area contributed by atoms with Crippen molar-refractivity contribution in [2.75, 3.05) is 13.2 Å². The number of nitriles is 1. The van der Waals surface area contributed by atoms with Gasteiger partial charge in [0, 0.05) is 18.6 Å². The molecule has 0 saturated heterocycles. The molecule has 0 aliphatic heterocycles.